The van der Waals surface area contributed by atoms with Crippen LogP contribution in [0, 0.1) is 0 Å². The molecule has 0 aliphatic heterocycles. The van der Waals surface area contributed by atoms with Gasteiger partial charge in [0.1, 0.15) is 0 Å². The normalized spacial score (nSPS) is 13.1. The molecule has 10 aromatic carbocycles. The van der Waals surface area contributed by atoms with Crippen molar-refractivity contribution in [2.75, 3.05) is 4.90 Å². The van der Waals surface area contributed by atoms with Crippen molar-refractivity contribution in [2.24, 2.45) is 0 Å². The molecule has 0 fully saturated rings. The molecule has 0 bridgehead atoms. The molecule has 0 spiro atoms. The molecule has 59 heavy (non-hydrogen) atoms. The van der Waals surface area contributed by atoms with Gasteiger partial charge in [-0.2, -0.15) is 0 Å². The van der Waals surface area contributed by atoms with Gasteiger partial charge in [0.25, 0.3) is 0 Å². The summed E-state index contributed by atoms with van der Waals surface area (Å²) in [6, 6.07) is 74.2. The van der Waals surface area contributed by atoms with Gasteiger partial charge >= 0.3 is 0 Å². The largest absolute Gasteiger partial charge is 0.310 e. The second kappa shape index (κ2) is 13.0. The Kier molecular flexibility index (Phi) is 7.51. The number of hydrogen-bond donors (Lipinski definition) is 0. The molecule has 0 N–H and O–H groups in total. The molecule has 0 saturated carbocycles. The topological polar surface area (TPSA) is 3.24 Å². The average Bonchev–Trinajstić information content (AvgIpc) is 3.78. The fraction of sp³-hybridized carbons (Fsp3) is 0.0526. The predicted molar refractivity (Wildman–Crippen MR) is 255 cm³/mol. The lowest BCUT2D eigenvalue weighted by molar-refractivity contribution is 0.660. The second-order valence-corrected chi connectivity index (χ2v) is 17.5. The van der Waals surface area contributed by atoms with Crippen molar-refractivity contribution in [1.82, 2.24) is 0 Å². The smallest absolute Gasteiger partial charge is 0.0465 e. The summed E-state index contributed by atoms with van der Waals surface area (Å²) in [5, 5.41) is 10.4. The van der Waals surface area contributed by atoms with Crippen LogP contribution in [0.3, 0.4) is 0 Å². The summed E-state index contributed by atoms with van der Waals surface area (Å²) in [4.78, 5) is 2.37. The van der Waals surface area contributed by atoms with Crippen molar-refractivity contribution in [3.05, 3.63) is 211 Å². The first-order chi connectivity index (χ1) is 29.0. The molecule has 0 unspecified atom stereocenters. The summed E-state index contributed by atoms with van der Waals surface area (Å²) in [6.45, 7) is 4.79. The van der Waals surface area contributed by atoms with Crippen LogP contribution < -0.4 is 4.90 Å². The third-order valence-electron chi connectivity index (χ3n) is 12.8. The van der Waals surface area contributed by atoms with Gasteiger partial charge in [-0.1, -0.05) is 153 Å². The first kappa shape index (κ1) is 34.1. The molecule has 0 saturated heterocycles. The van der Waals surface area contributed by atoms with Crippen LogP contribution in [0.2, 0.25) is 0 Å². The number of fused-ring (bicyclic) bond motifs is 11. The highest BCUT2D eigenvalue weighted by atomic mass is 32.1. The number of anilines is 3. The fourth-order valence-electron chi connectivity index (χ4n) is 10.0. The van der Waals surface area contributed by atoms with Crippen molar-refractivity contribution in [1.29, 1.82) is 0 Å². The number of rotatable bonds is 5. The van der Waals surface area contributed by atoms with Crippen LogP contribution in [0.15, 0.2) is 200 Å². The number of para-hydroxylation sites is 2. The molecule has 12 rings (SSSR count). The Morgan fingerprint density at radius 1 is 0.339 bits per heavy atom. The summed E-state index contributed by atoms with van der Waals surface area (Å²) in [5.41, 5.74) is 13.7. The first-order valence-corrected chi connectivity index (χ1v) is 21.3. The van der Waals surface area contributed by atoms with Crippen LogP contribution in [-0.2, 0) is 5.41 Å². The Hall–Kier alpha value is -7.00. The summed E-state index contributed by atoms with van der Waals surface area (Å²) in [7, 11) is 0. The van der Waals surface area contributed by atoms with E-state index in [0.717, 1.165) is 17.1 Å². The molecule has 11 aromatic rings. The lowest BCUT2D eigenvalue weighted by Crippen LogP contribution is -2.16. The van der Waals surface area contributed by atoms with E-state index in [1.807, 2.05) is 11.3 Å². The minimum Gasteiger partial charge on any atom is -0.310 e. The molecule has 2 heteroatoms. The molecule has 0 radical (unpaired) electrons. The van der Waals surface area contributed by atoms with Crippen molar-refractivity contribution < 1.29 is 0 Å². The van der Waals surface area contributed by atoms with E-state index in [4.69, 9.17) is 0 Å². The molecule has 1 aliphatic rings. The van der Waals surface area contributed by atoms with Crippen LogP contribution in [0.4, 0.5) is 17.1 Å². The van der Waals surface area contributed by atoms with E-state index in [0.29, 0.717) is 0 Å². The quantitative estimate of drug-likeness (QED) is 0.158. The van der Waals surface area contributed by atoms with Gasteiger partial charge in [0.15, 0.2) is 0 Å². The van der Waals surface area contributed by atoms with Gasteiger partial charge in [-0.05, 0) is 132 Å². The molecule has 1 nitrogen and oxygen atoms in total. The maximum atomic E-state index is 2.48. The Labute approximate surface area is 348 Å². The summed E-state index contributed by atoms with van der Waals surface area (Å²) >= 11 is 1.90. The zero-order valence-corrected chi connectivity index (χ0v) is 33.7. The number of thiophene rings is 1. The zero-order chi connectivity index (χ0) is 39.2. The van der Waals surface area contributed by atoms with E-state index in [1.54, 1.807) is 0 Å². The number of nitrogens with zero attached hydrogens (tertiary/aromatic N) is 1. The highest BCUT2D eigenvalue weighted by Gasteiger charge is 2.36. The molecule has 278 valence electrons. The van der Waals surface area contributed by atoms with E-state index in [-0.39, 0.29) is 5.41 Å². The predicted octanol–water partition coefficient (Wildman–Crippen LogP) is 16.6. The standard InChI is InChI=1S/C57H39NS/c1-57(2)53-32-36(28-30-44(53)45-31-29-39(33-54(45)57)58(37-16-5-3-6-17-37)38-18-7-4-8-19-38)49-34-51-43-23-12-11-22-42(43)50(35-52(51)41-21-10-9-20-40(41)49)48-26-15-25-47-46-24-13-14-27-55(46)59-56(47)48/h3-35H,1-2H3. The van der Waals surface area contributed by atoms with Crippen LogP contribution in [0.25, 0.3) is 85.9 Å². The maximum Gasteiger partial charge on any atom is 0.0465 e. The molecular weight excluding hydrogens is 731 g/mol. The minimum absolute atomic E-state index is 0.197. The maximum absolute atomic E-state index is 2.48. The third-order valence-corrected chi connectivity index (χ3v) is 14.1. The van der Waals surface area contributed by atoms with Gasteiger partial charge in [0, 0.05) is 48.2 Å². The van der Waals surface area contributed by atoms with E-state index < -0.39 is 0 Å². The SMILES string of the molecule is CC1(C)c2cc(-c3cc4c5ccccc5c(-c5cccc6c5sc5ccccc56)cc4c4ccccc34)ccc2-c2ccc(N(c3ccccc3)c3ccccc3)cc21. The Balaban J connectivity index is 1.02. The van der Waals surface area contributed by atoms with Crippen molar-refractivity contribution in [3.63, 3.8) is 0 Å². The second-order valence-electron chi connectivity index (χ2n) is 16.4. The monoisotopic (exact) mass is 769 g/mol. The molecule has 0 amide bonds. The van der Waals surface area contributed by atoms with E-state index >= 15 is 0 Å². The van der Waals surface area contributed by atoms with Gasteiger partial charge < -0.3 is 4.90 Å². The van der Waals surface area contributed by atoms with Crippen LogP contribution >= 0.6 is 11.3 Å². The number of benzene rings is 10. The molecule has 1 heterocycles. The van der Waals surface area contributed by atoms with Gasteiger partial charge in [0.05, 0.1) is 0 Å². The van der Waals surface area contributed by atoms with E-state index in [1.165, 1.54) is 97.0 Å². The Morgan fingerprint density at radius 2 is 0.864 bits per heavy atom. The van der Waals surface area contributed by atoms with Crippen LogP contribution in [-0.4, -0.2) is 0 Å². The summed E-state index contributed by atoms with van der Waals surface area (Å²) in [5.74, 6) is 0. The number of hydrogen-bond acceptors (Lipinski definition) is 2. The zero-order valence-electron chi connectivity index (χ0n) is 32.9. The highest BCUT2D eigenvalue weighted by Crippen LogP contribution is 2.53. The van der Waals surface area contributed by atoms with Gasteiger partial charge in [-0.3, -0.25) is 0 Å². The molecule has 1 aliphatic carbocycles. The third kappa shape index (κ3) is 5.16. The van der Waals surface area contributed by atoms with Gasteiger partial charge in [-0.15, -0.1) is 11.3 Å². The highest BCUT2D eigenvalue weighted by molar-refractivity contribution is 7.26. The van der Waals surface area contributed by atoms with Crippen LogP contribution in [0.5, 0.6) is 0 Å². The lowest BCUT2D eigenvalue weighted by atomic mass is 9.81. The van der Waals surface area contributed by atoms with Crippen molar-refractivity contribution >= 4 is 80.9 Å². The first-order valence-electron chi connectivity index (χ1n) is 20.5. The van der Waals surface area contributed by atoms with Crippen LogP contribution in [0.1, 0.15) is 25.0 Å². The minimum atomic E-state index is -0.197. The molecule has 1 aromatic heterocycles. The summed E-state index contributed by atoms with van der Waals surface area (Å²) < 4.78 is 2.68. The lowest BCUT2D eigenvalue weighted by Gasteiger charge is -2.28. The fourth-order valence-corrected chi connectivity index (χ4v) is 11.2. The average molecular weight is 770 g/mol. The van der Waals surface area contributed by atoms with E-state index in [2.05, 4.69) is 219 Å². The summed E-state index contributed by atoms with van der Waals surface area (Å²) in [6.07, 6.45) is 0. The van der Waals surface area contributed by atoms with Gasteiger partial charge in [-0.25, -0.2) is 0 Å². The Morgan fingerprint density at radius 3 is 1.54 bits per heavy atom. The van der Waals surface area contributed by atoms with Gasteiger partial charge in [0.2, 0.25) is 0 Å². The Bertz CT molecular complexity index is 3430. The van der Waals surface area contributed by atoms with Crippen molar-refractivity contribution in [3.8, 4) is 33.4 Å². The van der Waals surface area contributed by atoms with Crippen molar-refractivity contribution in [2.45, 2.75) is 19.3 Å². The van der Waals surface area contributed by atoms with E-state index in [9.17, 15) is 0 Å². The molecular formula is C57H39NS. The molecule has 0 atom stereocenters.